The third-order valence-corrected chi connectivity index (χ3v) is 5.66. The lowest BCUT2D eigenvalue weighted by atomic mass is 9.99. The highest BCUT2D eigenvalue weighted by Gasteiger charge is 2.51. The maximum absolute atomic E-state index is 12.5. The van der Waals surface area contributed by atoms with Gasteiger partial charge in [-0.25, -0.2) is 4.98 Å². The molecule has 1 fully saturated rings. The summed E-state index contributed by atoms with van der Waals surface area (Å²) in [5.74, 6) is 0.669. The van der Waals surface area contributed by atoms with E-state index in [1.165, 1.54) is 0 Å². The van der Waals surface area contributed by atoms with E-state index in [-0.39, 0.29) is 23.7 Å². The maximum Gasteiger partial charge on any atom is 0.229 e. The first kappa shape index (κ1) is 17.9. The fourth-order valence-corrected chi connectivity index (χ4v) is 3.88. The van der Waals surface area contributed by atoms with Gasteiger partial charge in [0, 0.05) is 47.6 Å². The van der Waals surface area contributed by atoms with Gasteiger partial charge in [0.25, 0.3) is 0 Å². The fraction of sp³-hybridized carbons (Fsp3) is 0.273. The molecule has 0 unspecified atom stereocenters. The first-order valence-corrected chi connectivity index (χ1v) is 9.27. The van der Waals surface area contributed by atoms with E-state index in [1.54, 1.807) is 12.4 Å². The second kappa shape index (κ2) is 6.93. The molecule has 0 spiro atoms. The van der Waals surface area contributed by atoms with Crippen LogP contribution in [0.2, 0.25) is 0 Å². The van der Waals surface area contributed by atoms with Crippen LogP contribution in [-0.4, -0.2) is 15.9 Å². The van der Waals surface area contributed by atoms with E-state index in [1.807, 2.05) is 44.3 Å². The number of nitrogens with two attached hydrogens (primary N) is 1. The topological polar surface area (TPSA) is 105 Å². The van der Waals surface area contributed by atoms with Crippen LogP contribution in [0.15, 0.2) is 42.9 Å². The van der Waals surface area contributed by atoms with Crippen molar-refractivity contribution in [2.24, 2.45) is 17.8 Å². The van der Waals surface area contributed by atoms with E-state index in [0.29, 0.717) is 17.9 Å². The standard InChI is InChI=1S/C22H21N5O/c1-12-4-6-25-10-17(12)14-7-15-9-20(26-11-18(15)19(24)8-14)27-22(28)21-13(2)16(21)3-5-23/h4,6-11,13,16,21H,3,24H2,1-2H3,(H,26,27,28)/t13-,16-,21-/m0/s1. The number of rotatable bonds is 4. The van der Waals surface area contributed by atoms with Crippen molar-refractivity contribution in [2.45, 2.75) is 20.3 Å². The van der Waals surface area contributed by atoms with Crippen LogP contribution in [0.4, 0.5) is 11.5 Å². The van der Waals surface area contributed by atoms with Crippen LogP contribution in [-0.2, 0) is 4.79 Å². The van der Waals surface area contributed by atoms with Gasteiger partial charge in [0.1, 0.15) is 5.82 Å². The average molecular weight is 371 g/mol. The molecule has 6 heteroatoms. The van der Waals surface area contributed by atoms with Gasteiger partial charge in [-0.15, -0.1) is 0 Å². The predicted molar refractivity (Wildman–Crippen MR) is 109 cm³/mol. The van der Waals surface area contributed by atoms with Gasteiger partial charge >= 0.3 is 0 Å². The highest BCUT2D eigenvalue weighted by atomic mass is 16.2. The summed E-state index contributed by atoms with van der Waals surface area (Å²) in [6.07, 6.45) is 5.68. The molecule has 1 aromatic carbocycles. The van der Waals surface area contributed by atoms with Crippen molar-refractivity contribution in [3.8, 4) is 17.2 Å². The first-order valence-electron chi connectivity index (χ1n) is 9.27. The molecule has 3 aromatic rings. The van der Waals surface area contributed by atoms with Gasteiger partial charge in [0.05, 0.1) is 6.07 Å². The number of nitrogen functional groups attached to an aromatic ring is 1. The molecule has 0 saturated heterocycles. The molecule has 6 nitrogen and oxygen atoms in total. The number of nitrogens with one attached hydrogen (secondary N) is 1. The minimum atomic E-state index is -0.119. The van der Waals surface area contributed by atoms with Crippen LogP contribution in [0.5, 0.6) is 0 Å². The SMILES string of the molecule is Cc1ccncc1-c1cc(N)c2cnc(NC(=O)[C@H]3[C@@H](C)[C@@H]3CC#N)cc2c1. The third-order valence-electron chi connectivity index (χ3n) is 5.66. The van der Waals surface area contributed by atoms with E-state index in [4.69, 9.17) is 11.0 Å². The molecular formula is C22H21N5O. The Morgan fingerprint density at radius 1 is 1.32 bits per heavy atom. The van der Waals surface area contributed by atoms with Crippen LogP contribution >= 0.6 is 0 Å². The molecule has 1 amide bonds. The van der Waals surface area contributed by atoms with E-state index in [0.717, 1.165) is 27.5 Å². The summed E-state index contributed by atoms with van der Waals surface area (Å²) in [5.41, 5.74) is 9.98. The molecule has 140 valence electrons. The van der Waals surface area contributed by atoms with Gasteiger partial charge in [0.2, 0.25) is 5.91 Å². The summed E-state index contributed by atoms with van der Waals surface area (Å²) >= 11 is 0. The number of carbonyl (C=O) groups excluding carboxylic acids is 1. The molecule has 0 radical (unpaired) electrons. The first-order chi connectivity index (χ1) is 13.5. The third kappa shape index (κ3) is 3.16. The minimum absolute atomic E-state index is 0.0770. The van der Waals surface area contributed by atoms with Crippen LogP contribution in [0, 0.1) is 36.0 Å². The number of fused-ring (bicyclic) bond motifs is 1. The zero-order chi connectivity index (χ0) is 19.8. The number of amides is 1. The Morgan fingerprint density at radius 3 is 2.89 bits per heavy atom. The van der Waals surface area contributed by atoms with Gasteiger partial charge in [-0.1, -0.05) is 6.92 Å². The second-order valence-electron chi connectivity index (χ2n) is 7.45. The Labute approximate surface area is 163 Å². The summed E-state index contributed by atoms with van der Waals surface area (Å²) in [6.45, 7) is 4.04. The summed E-state index contributed by atoms with van der Waals surface area (Å²) < 4.78 is 0. The monoisotopic (exact) mass is 371 g/mol. The normalized spacial score (nSPS) is 20.5. The van der Waals surface area contributed by atoms with Crippen molar-refractivity contribution >= 4 is 28.2 Å². The van der Waals surface area contributed by atoms with Crippen molar-refractivity contribution in [1.29, 1.82) is 5.26 Å². The minimum Gasteiger partial charge on any atom is -0.398 e. The number of hydrogen-bond donors (Lipinski definition) is 2. The number of nitriles is 1. The summed E-state index contributed by atoms with van der Waals surface area (Å²) in [5, 5.41) is 13.5. The van der Waals surface area contributed by atoms with Gasteiger partial charge in [-0.3, -0.25) is 9.78 Å². The molecule has 0 bridgehead atoms. The van der Waals surface area contributed by atoms with Crippen molar-refractivity contribution in [1.82, 2.24) is 9.97 Å². The van der Waals surface area contributed by atoms with Gasteiger partial charge in [0.15, 0.2) is 0 Å². The number of hydrogen-bond acceptors (Lipinski definition) is 5. The molecule has 2 heterocycles. The van der Waals surface area contributed by atoms with Crippen LogP contribution < -0.4 is 11.1 Å². The highest BCUT2D eigenvalue weighted by molar-refractivity contribution is 6.00. The van der Waals surface area contributed by atoms with Crippen LogP contribution in [0.25, 0.3) is 21.9 Å². The van der Waals surface area contributed by atoms with Crippen molar-refractivity contribution in [3.63, 3.8) is 0 Å². The molecule has 0 aliphatic heterocycles. The van der Waals surface area contributed by atoms with E-state index in [2.05, 4.69) is 21.4 Å². The molecule has 1 saturated carbocycles. The molecule has 1 aliphatic rings. The Bertz CT molecular complexity index is 1120. The Morgan fingerprint density at radius 2 is 2.14 bits per heavy atom. The Hall–Kier alpha value is -3.46. The molecular weight excluding hydrogens is 350 g/mol. The lowest BCUT2D eigenvalue weighted by Crippen LogP contribution is -2.16. The lowest BCUT2D eigenvalue weighted by molar-refractivity contribution is -0.117. The zero-order valence-corrected chi connectivity index (χ0v) is 15.8. The lowest BCUT2D eigenvalue weighted by Gasteiger charge is -2.11. The molecule has 2 aromatic heterocycles. The number of carbonyl (C=O) groups is 1. The summed E-state index contributed by atoms with van der Waals surface area (Å²) in [7, 11) is 0. The fourth-order valence-electron chi connectivity index (χ4n) is 3.88. The highest BCUT2D eigenvalue weighted by Crippen LogP contribution is 2.48. The van der Waals surface area contributed by atoms with Gasteiger partial charge < -0.3 is 11.1 Å². The van der Waals surface area contributed by atoms with Crippen LogP contribution in [0.1, 0.15) is 18.9 Å². The summed E-state index contributed by atoms with van der Waals surface area (Å²) in [6, 6.07) is 9.90. The molecule has 4 rings (SSSR count). The quantitative estimate of drug-likeness (QED) is 0.676. The number of nitrogens with zero attached hydrogens (tertiary/aromatic N) is 3. The van der Waals surface area contributed by atoms with Crippen LogP contribution in [0.3, 0.4) is 0 Å². The number of pyridine rings is 2. The van der Waals surface area contributed by atoms with Crippen molar-refractivity contribution < 1.29 is 4.79 Å². The number of anilines is 2. The Kier molecular flexibility index (Phi) is 4.44. The zero-order valence-electron chi connectivity index (χ0n) is 15.8. The molecule has 28 heavy (non-hydrogen) atoms. The Balaban J connectivity index is 1.64. The molecule has 3 N–H and O–H groups in total. The van der Waals surface area contributed by atoms with E-state index < -0.39 is 0 Å². The van der Waals surface area contributed by atoms with Crippen molar-refractivity contribution in [3.05, 3.63) is 48.4 Å². The van der Waals surface area contributed by atoms with Gasteiger partial charge in [-0.2, -0.15) is 5.26 Å². The molecule has 3 atom stereocenters. The molecule has 1 aliphatic carbocycles. The summed E-state index contributed by atoms with van der Waals surface area (Å²) in [4.78, 5) is 21.1. The van der Waals surface area contributed by atoms with Gasteiger partial charge in [-0.05, 0) is 59.5 Å². The number of aromatic nitrogens is 2. The average Bonchev–Trinajstić information content (AvgIpc) is 3.31. The number of benzene rings is 1. The largest absolute Gasteiger partial charge is 0.398 e. The predicted octanol–water partition coefficient (Wildman–Crippen LogP) is 3.92. The van der Waals surface area contributed by atoms with E-state index in [9.17, 15) is 4.79 Å². The maximum atomic E-state index is 12.5. The smallest absolute Gasteiger partial charge is 0.229 e. The van der Waals surface area contributed by atoms with E-state index >= 15 is 0 Å². The second-order valence-corrected chi connectivity index (χ2v) is 7.45. The number of aryl methyl sites for hydroxylation is 1. The van der Waals surface area contributed by atoms with Crippen molar-refractivity contribution in [2.75, 3.05) is 11.1 Å².